The number of rotatable bonds is 3. The molecule has 0 saturated carbocycles. The average molecular weight is 234 g/mol. The van der Waals surface area contributed by atoms with Crippen LogP contribution in [0, 0.1) is 0 Å². The van der Waals surface area contributed by atoms with E-state index in [4.69, 9.17) is 5.11 Å². The fourth-order valence-electron chi connectivity index (χ4n) is 1.65. The molecular formula is C11H10N2O4. The van der Waals surface area contributed by atoms with Crippen LogP contribution in [0.2, 0.25) is 0 Å². The first-order valence-corrected chi connectivity index (χ1v) is 4.87. The summed E-state index contributed by atoms with van der Waals surface area (Å²) in [4.78, 5) is 26.2. The van der Waals surface area contributed by atoms with Gasteiger partial charge in [-0.1, -0.05) is 0 Å². The quantitative estimate of drug-likeness (QED) is 0.798. The lowest BCUT2D eigenvalue weighted by atomic mass is 10.2. The highest BCUT2D eigenvalue weighted by Crippen LogP contribution is 2.18. The summed E-state index contributed by atoms with van der Waals surface area (Å²) >= 11 is 0. The Morgan fingerprint density at radius 3 is 2.88 bits per heavy atom. The molecule has 0 unspecified atom stereocenters. The van der Waals surface area contributed by atoms with Gasteiger partial charge in [0.05, 0.1) is 12.7 Å². The monoisotopic (exact) mass is 234 g/mol. The Hall–Kier alpha value is -2.37. The number of pyridine rings is 1. The van der Waals surface area contributed by atoms with Crippen molar-refractivity contribution in [1.29, 1.82) is 0 Å². The van der Waals surface area contributed by atoms with E-state index in [-0.39, 0.29) is 6.54 Å². The van der Waals surface area contributed by atoms with Crippen LogP contribution in [0.25, 0.3) is 11.0 Å². The van der Waals surface area contributed by atoms with Gasteiger partial charge in [0.2, 0.25) is 0 Å². The molecule has 0 aliphatic carbocycles. The number of carbonyl (C=O) groups is 2. The summed E-state index contributed by atoms with van der Waals surface area (Å²) in [6.45, 7) is -0.193. The molecule has 0 aromatic carbocycles. The molecule has 1 N–H and O–H groups in total. The number of methoxy groups -OCH3 is 1. The molecule has 2 rings (SSSR count). The van der Waals surface area contributed by atoms with Crippen molar-refractivity contribution in [3.8, 4) is 0 Å². The van der Waals surface area contributed by atoms with Gasteiger partial charge >= 0.3 is 11.9 Å². The SMILES string of the molecule is COC(=O)c1ccnc2c1ccn2CC(=O)O. The summed E-state index contributed by atoms with van der Waals surface area (Å²) in [6.07, 6.45) is 3.03. The highest BCUT2D eigenvalue weighted by Gasteiger charge is 2.14. The van der Waals surface area contributed by atoms with Crippen LogP contribution < -0.4 is 0 Å². The molecule has 0 aliphatic heterocycles. The second-order valence-electron chi connectivity index (χ2n) is 3.42. The van der Waals surface area contributed by atoms with E-state index >= 15 is 0 Å². The number of ether oxygens (including phenoxy) is 1. The number of hydrogen-bond acceptors (Lipinski definition) is 4. The standard InChI is InChI=1S/C11H10N2O4/c1-17-11(16)8-2-4-12-10-7(8)3-5-13(10)6-9(14)15/h2-5H,6H2,1H3,(H,14,15). The Morgan fingerprint density at radius 2 is 2.24 bits per heavy atom. The Kier molecular flexibility index (Phi) is 2.78. The largest absolute Gasteiger partial charge is 0.480 e. The van der Waals surface area contributed by atoms with Crippen LogP contribution >= 0.6 is 0 Å². The minimum absolute atomic E-state index is 0.193. The number of nitrogens with zero attached hydrogens (tertiary/aromatic N) is 2. The molecule has 0 spiro atoms. The fraction of sp³-hybridized carbons (Fsp3) is 0.182. The van der Waals surface area contributed by atoms with E-state index in [9.17, 15) is 9.59 Å². The van der Waals surface area contributed by atoms with Crippen molar-refractivity contribution in [1.82, 2.24) is 9.55 Å². The number of fused-ring (bicyclic) bond motifs is 1. The third-order valence-electron chi connectivity index (χ3n) is 2.37. The molecule has 0 fully saturated rings. The van der Waals surface area contributed by atoms with Crippen molar-refractivity contribution in [2.24, 2.45) is 0 Å². The Bertz CT molecular complexity index is 588. The van der Waals surface area contributed by atoms with E-state index in [1.54, 1.807) is 18.3 Å². The maximum absolute atomic E-state index is 11.5. The van der Waals surface area contributed by atoms with Crippen LogP contribution in [0.5, 0.6) is 0 Å². The maximum Gasteiger partial charge on any atom is 0.338 e. The van der Waals surface area contributed by atoms with Crippen LogP contribution in [0.3, 0.4) is 0 Å². The second kappa shape index (κ2) is 4.25. The molecule has 0 aliphatic rings. The van der Waals surface area contributed by atoms with Gasteiger partial charge in [-0.25, -0.2) is 9.78 Å². The fourth-order valence-corrected chi connectivity index (χ4v) is 1.65. The highest BCUT2D eigenvalue weighted by atomic mass is 16.5. The summed E-state index contributed by atoms with van der Waals surface area (Å²) < 4.78 is 6.10. The molecule has 0 atom stereocenters. The molecule has 0 saturated heterocycles. The van der Waals surface area contributed by atoms with Crippen molar-refractivity contribution < 1.29 is 19.4 Å². The van der Waals surface area contributed by atoms with Gasteiger partial charge in [-0.3, -0.25) is 4.79 Å². The predicted molar refractivity (Wildman–Crippen MR) is 58.7 cm³/mol. The van der Waals surface area contributed by atoms with Crippen molar-refractivity contribution >= 4 is 23.0 Å². The molecule has 0 radical (unpaired) electrons. The molecule has 2 aromatic rings. The summed E-state index contributed by atoms with van der Waals surface area (Å²) in [5.41, 5.74) is 0.830. The molecular weight excluding hydrogens is 224 g/mol. The minimum Gasteiger partial charge on any atom is -0.480 e. The smallest absolute Gasteiger partial charge is 0.338 e. The summed E-state index contributed by atoms with van der Waals surface area (Å²) in [7, 11) is 1.29. The lowest BCUT2D eigenvalue weighted by Crippen LogP contribution is -2.08. The Morgan fingerprint density at radius 1 is 1.47 bits per heavy atom. The van der Waals surface area contributed by atoms with E-state index in [1.807, 2.05) is 0 Å². The van der Waals surface area contributed by atoms with E-state index in [2.05, 4.69) is 9.72 Å². The second-order valence-corrected chi connectivity index (χ2v) is 3.42. The van der Waals surface area contributed by atoms with Crippen molar-refractivity contribution in [3.05, 3.63) is 30.1 Å². The van der Waals surface area contributed by atoms with Crippen molar-refractivity contribution in [2.75, 3.05) is 7.11 Å². The first-order valence-electron chi connectivity index (χ1n) is 4.87. The van der Waals surface area contributed by atoms with Gasteiger partial charge in [-0.15, -0.1) is 0 Å². The van der Waals surface area contributed by atoms with Crippen LogP contribution in [-0.4, -0.2) is 33.7 Å². The number of esters is 1. The van der Waals surface area contributed by atoms with E-state index < -0.39 is 11.9 Å². The van der Waals surface area contributed by atoms with Crippen LogP contribution in [0.1, 0.15) is 10.4 Å². The maximum atomic E-state index is 11.5. The van der Waals surface area contributed by atoms with Crippen molar-refractivity contribution in [2.45, 2.75) is 6.54 Å². The number of carboxylic acids is 1. The lowest BCUT2D eigenvalue weighted by Gasteiger charge is -2.02. The number of carboxylic acid groups (broad SMARTS) is 1. The van der Waals surface area contributed by atoms with Gasteiger partial charge in [0.15, 0.2) is 0 Å². The Balaban J connectivity index is 2.56. The number of hydrogen-bond donors (Lipinski definition) is 1. The molecule has 2 aromatic heterocycles. The zero-order valence-corrected chi connectivity index (χ0v) is 9.08. The third-order valence-corrected chi connectivity index (χ3v) is 2.37. The third kappa shape index (κ3) is 1.96. The summed E-state index contributed by atoms with van der Waals surface area (Å²) in [5.74, 6) is -1.43. The topological polar surface area (TPSA) is 81.4 Å². The van der Waals surface area contributed by atoms with Gasteiger partial charge in [0, 0.05) is 17.8 Å². The highest BCUT2D eigenvalue weighted by molar-refractivity contribution is 6.02. The molecule has 6 heteroatoms. The van der Waals surface area contributed by atoms with E-state index in [0.717, 1.165) is 0 Å². The summed E-state index contributed by atoms with van der Waals surface area (Å²) in [5, 5.41) is 9.31. The zero-order chi connectivity index (χ0) is 12.4. The molecule has 6 nitrogen and oxygen atoms in total. The van der Waals surface area contributed by atoms with Gasteiger partial charge in [0.1, 0.15) is 12.2 Å². The molecule has 17 heavy (non-hydrogen) atoms. The number of carbonyl (C=O) groups excluding carboxylic acids is 1. The molecule has 0 amide bonds. The van der Waals surface area contributed by atoms with Gasteiger partial charge in [0.25, 0.3) is 0 Å². The normalized spacial score (nSPS) is 10.4. The van der Waals surface area contributed by atoms with E-state index in [0.29, 0.717) is 16.6 Å². The first kappa shape index (κ1) is 11.1. The van der Waals surface area contributed by atoms with Crippen LogP contribution in [0.4, 0.5) is 0 Å². The summed E-state index contributed by atoms with van der Waals surface area (Å²) in [6, 6.07) is 3.19. The molecule has 88 valence electrons. The van der Waals surface area contributed by atoms with Crippen LogP contribution in [0.15, 0.2) is 24.5 Å². The molecule has 2 heterocycles. The predicted octanol–water partition coefficient (Wildman–Crippen LogP) is 0.907. The lowest BCUT2D eigenvalue weighted by molar-refractivity contribution is -0.137. The first-order chi connectivity index (χ1) is 8.13. The zero-order valence-electron chi connectivity index (χ0n) is 9.08. The van der Waals surface area contributed by atoms with E-state index in [1.165, 1.54) is 17.9 Å². The van der Waals surface area contributed by atoms with Gasteiger partial charge < -0.3 is 14.4 Å². The van der Waals surface area contributed by atoms with Crippen LogP contribution in [-0.2, 0) is 16.1 Å². The minimum atomic E-state index is -0.965. The number of aliphatic carboxylic acids is 1. The number of aromatic nitrogens is 2. The molecule has 0 bridgehead atoms. The van der Waals surface area contributed by atoms with Crippen molar-refractivity contribution in [3.63, 3.8) is 0 Å². The Labute approximate surface area is 96.4 Å². The van der Waals surface area contributed by atoms with Gasteiger partial charge in [-0.2, -0.15) is 0 Å². The average Bonchev–Trinajstić information content (AvgIpc) is 2.71. The van der Waals surface area contributed by atoms with Gasteiger partial charge in [-0.05, 0) is 12.1 Å².